The van der Waals surface area contributed by atoms with Crippen LogP contribution in [-0.2, 0) is 51.8 Å². The van der Waals surface area contributed by atoms with Gasteiger partial charge >= 0.3 is 31.5 Å². The van der Waals surface area contributed by atoms with Crippen molar-refractivity contribution in [2.24, 2.45) is 0 Å². The minimum absolute atomic E-state index is 0.00382. The maximum Gasteiger partial charge on any atom is 0.333 e. The van der Waals surface area contributed by atoms with Gasteiger partial charge in [-0.3, -0.25) is 18.7 Å². The van der Waals surface area contributed by atoms with Crippen molar-refractivity contribution >= 4 is 73.9 Å². The molecule has 3 atom stereocenters. The average molecular weight is 1320 g/mol. The fourth-order valence-corrected chi connectivity index (χ4v) is 12.5. The first-order valence-corrected chi connectivity index (χ1v) is 35.7. The lowest BCUT2D eigenvalue weighted by atomic mass is 10.0. The molecule has 0 fully saturated rings. The third kappa shape index (κ3) is 33.4. The molecule has 23 heteroatoms. The zero-order chi connectivity index (χ0) is 66.5. The van der Waals surface area contributed by atoms with Gasteiger partial charge in [-0.1, -0.05) is 50.6 Å². The van der Waals surface area contributed by atoms with Crippen molar-refractivity contribution in [2.75, 3.05) is 90.0 Å². The van der Waals surface area contributed by atoms with Crippen LogP contribution >= 0.6 is 38.5 Å². The number of rotatable bonds is 44. The minimum atomic E-state index is -4.10. The molecule has 0 aliphatic rings. The van der Waals surface area contributed by atoms with Crippen molar-refractivity contribution in [2.45, 2.75) is 96.5 Å². The number of hydrogen-bond acceptors (Lipinski definition) is 19. The number of esters is 4. The average Bonchev–Trinajstić information content (AvgIpc) is 3.19. The molecule has 0 saturated heterocycles. The third-order valence-electron chi connectivity index (χ3n) is 12.5. The second-order valence-electron chi connectivity index (χ2n) is 20.9. The Balaban J connectivity index is 0.000000471. The lowest BCUT2D eigenvalue weighted by molar-refractivity contribution is -0.140. The van der Waals surface area contributed by atoms with E-state index in [0.29, 0.717) is 140 Å². The van der Waals surface area contributed by atoms with Crippen molar-refractivity contribution < 1.29 is 90.1 Å². The Morgan fingerprint density at radius 1 is 0.433 bits per heavy atom. The Bertz CT molecular complexity index is 3050. The van der Waals surface area contributed by atoms with E-state index < -0.39 is 38.8 Å². The number of carbonyl (C=O) groups excluding carboxylic acids is 6. The first kappa shape index (κ1) is 77.5. The summed E-state index contributed by atoms with van der Waals surface area (Å²) >= 11 is 3.12. The zero-order valence-corrected chi connectivity index (χ0v) is 56.0. The number of benzene rings is 4. The van der Waals surface area contributed by atoms with Gasteiger partial charge in [0, 0.05) is 95.3 Å². The molecule has 0 spiro atoms. The first-order valence-electron chi connectivity index (χ1n) is 29.5. The highest BCUT2D eigenvalue weighted by molar-refractivity contribution is 7.99. The number of ketones is 2. The predicted molar refractivity (Wildman–Crippen MR) is 354 cm³/mol. The Morgan fingerprint density at radius 3 is 0.978 bits per heavy atom. The maximum absolute atomic E-state index is 13.4. The highest BCUT2D eigenvalue weighted by atomic mass is 32.2. The Labute approximate surface area is 538 Å². The van der Waals surface area contributed by atoms with Gasteiger partial charge < -0.3 is 52.2 Å². The molecule has 4 rings (SSSR count). The van der Waals surface area contributed by atoms with Crippen LogP contribution in [0, 0.1) is 0 Å². The molecule has 19 nitrogen and oxygen atoms in total. The molecule has 3 unspecified atom stereocenters. The molecule has 0 aliphatic carbocycles. The van der Waals surface area contributed by atoms with Crippen molar-refractivity contribution in [1.82, 2.24) is 0 Å². The molecule has 0 bridgehead atoms. The van der Waals surface area contributed by atoms with Crippen molar-refractivity contribution in [3.63, 3.8) is 0 Å². The van der Waals surface area contributed by atoms with Crippen LogP contribution < -0.4 is 18.9 Å². The molecule has 0 radical (unpaired) electrons. The van der Waals surface area contributed by atoms with E-state index in [0.717, 1.165) is 16.9 Å². The molecule has 0 heterocycles. The predicted octanol–water partition coefficient (Wildman–Crippen LogP) is 13.9. The number of carbonyl (C=O) groups is 6. The van der Waals surface area contributed by atoms with E-state index in [1.807, 2.05) is 43.3 Å². The summed E-state index contributed by atoms with van der Waals surface area (Å²) in [6.45, 7) is 26.8. The van der Waals surface area contributed by atoms with Crippen LogP contribution in [0.15, 0.2) is 146 Å². The van der Waals surface area contributed by atoms with Crippen molar-refractivity contribution in [1.29, 1.82) is 0 Å². The molecule has 0 amide bonds. The van der Waals surface area contributed by atoms with Gasteiger partial charge in [0.1, 0.15) is 23.0 Å². The van der Waals surface area contributed by atoms with Crippen molar-refractivity contribution in [3.05, 3.63) is 168 Å². The Kier molecular flexibility index (Phi) is 36.5. The highest BCUT2D eigenvalue weighted by Crippen LogP contribution is 2.44. The van der Waals surface area contributed by atoms with E-state index in [9.17, 15) is 47.7 Å². The smallest absolute Gasteiger partial charge is 0.333 e. The van der Waals surface area contributed by atoms with E-state index in [1.165, 1.54) is 11.8 Å². The molecule has 2 N–H and O–H groups in total. The summed E-state index contributed by atoms with van der Waals surface area (Å²) in [5.74, 6) is 1.90. The fraction of sp³-hybridized carbons (Fsp3) is 0.433. The van der Waals surface area contributed by atoms with E-state index in [4.69, 9.17) is 42.4 Å². The summed E-state index contributed by atoms with van der Waals surface area (Å²) in [5.41, 5.74) is 4.36. The minimum Gasteiger partial charge on any atom is -0.493 e. The zero-order valence-electron chi connectivity index (χ0n) is 52.6. The summed E-state index contributed by atoms with van der Waals surface area (Å²) in [6, 6.07) is 28.8. The molecule has 0 aromatic heterocycles. The van der Waals surface area contributed by atoms with E-state index in [2.05, 4.69) is 26.3 Å². The second-order valence-corrected chi connectivity index (χ2v) is 28.0. The molecule has 4 aromatic rings. The Hall–Kier alpha value is -6.70. The van der Waals surface area contributed by atoms with Gasteiger partial charge in [-0.15, -0.1) is 0 Å². The van der Waals surface area contributed by atoms with Gasteiger partial charge in [0.25, 0.3) is 0 Å². The van der Waals surface area contributed by atoms with Gasteiger partial charge in [0.2, 0.25) is 0 Å². The normalized spacial score (nSPS) is 12.3. The lowest BCUT2D eigenvalue weighted by Crippen LogP contribution is -2.09. The van der Waals surface area contributed by atoms with Crippen LogP contribution in [0.3, 0.4) is 0 Å². The molecule has 4 aromatic carbocycles. The first-order chi connectivity index (χ1) is 42.8. The summed E-state index contributed by atoms with van der Waals surface area (Å²) in [6.07, 6.45) is 3.86. The maximum atomic E-state index is 13.4. The summed E-state index contributed by atoms with van der Waals surface area (Å²) < 4.78 is 72.4. The fourth-order valence-electron chi connectivity index (χ4n) is 7.71. The monoisotopic (exact) mass is 1320 g/mol. The summed E-state index contributed by atoms with van der Waals surface area (Å²) in [7, 11) is -6.72. The van der Waals surface area contributed by atoms with Crippen molar-refractivity contribution in [3.8, 4) is 23.0 Å². The summed E-state index contributed by atoms with van der Waals surface area (Å²) in [4.78, 5) is 90.8. The number of ether oxygens (including phenoxy) is 8. The summed E-state index contributed by atoms with van der Waals surface area (Å²) in [5, 5.41) is -0.364. The molecular weight excluding hydrogens is 1230 g/mol. The third-order valence-corrected chi connectivity index (χ3v) is 18.1. The molecular formula is C67H88O19P2S2. The number of Topliss-reactive ketones (excluding diaryl/α,β-unsaturated/α-hetero) is 2. The van der Waals surface area contributed by atoms with Gasteiger partial charge in [0.05, 0.1) is 65.6 Å². The lowest BCUT2D eigenvalue weighted by Gasteiger charge is -2.18. The largest absolute Gasteiger partial charge is 0.493 e. The molecule has 492 valence electrons. The van der Waals surface area contributed by atoms with E-state index >= 15 is 0 Å². The van der Waals surface area contributed by atoms with Crippen LogP contribution in [0.1, 0.15) is 128 Å². The SMILES string of the molecule is C=C(C)C(=O)OCCCOc1ccc(C(=O)CC(SCCCP(=O)(O)O)c2ccc(OCCCOC(=O)C(=C)C)cc2)cc1.C=C(C)C(=O)OCCCOc1ccc(C(=O)CC(SCCCP(C)(=O)OCC)c2ccc(OCCCOC(=O)C(=C)C)cc2)cc1. The van der Waals surface area contributed by atoms with Gasteiger partial charge in [-0.2, -0.15) is 23.5 Å². The molecule has 90 heavy (non-hydrogen) atoms. The molecule has 0 saturated carbocycles. The number of hydrogen-bond donors (Lipinski definition) is 2. The van der Waals surface area contributed by atoms with Crippen LogP contribution in [0.2, 0.25) is 0 Å². The van der Waals surface area contributed by atoms with Crippen LogP contribution in [-0.4, -0.2) is 135 Å². The van der Waals surface area contributed by atoms with E-state index in [1.54, 1.807) is 107 Å². The topological polar surface area (TPSA) is 260 Å². The highest BCUT2D eigenvalue weighted by Gasteiger charge is 2.22. The Morgan fingerprint density at radius 2 is 0.711 bits per heavy atom. The number of thioether (sulfide) groups is 2. The van der Waals surface area contributed by atoms with Gasteiger partial charge in [-0.25, -0.2) is 19.2 Å². The second kappa shape index (κ2) is 42.4. The van der Waals surface area contributed by atoms with Gasteiger partial charge in [0.15, 0.2) is 18.9 Å². The van der Waals surface area contributed by atoms with Gasteiger partial charge in [-0.05, 0) is 143 Å². The standard InChI is InChI=1S/C35H47O9PS.C32H41O10PS/c1-7-44-45(6,39)23-10-24-46-33(29-13-17-31(18-14-29)41-20-9-22-43-35(38)27(4)5)25-32(36)28-11-15-30(16-12-28)40-19-8-21-42-34(37)26(2)3;1-23(2)31(34)41-18-5-16-39-27-12-8-25(9-13-27)29(33)22-30(44-21-7-20-43(36,37)38)26-10-14-28(15-11-26)40-17-6-19-42-32(35)24(3)4/h11-18,33H,2,4,7-10,19-25H2,1,3,5-6H3;8-15,30H,1,3,5-7,16-22H2,2,4H3,(H2,36,37,38). The van der Waals surface area contributed by atoms with Crippen LogP contribution in [0.4, 0.5) is 0 Å². The van der Waals surface area contributed by atoms with Crippen LogP contribution in [0.5, 0.6) is 23.0 Å². The molecule has 0 aliphatic heterocycles. The van der Waals surface area contributed by atoms with E-state index in [-0.39, 0.29) is 67.5 Å². The van der Waals surface area contributed by atoms with Crippen LogP contribution in [0.25, 0.3) is 0 Å². The quantitative estimate of drug-likeness (QED) is 0.0104.